The molecule has 3 aromatic carbocycles. The predicted molar refractivity (Wildman–Crippen MR) is 189 cm³/mol. The molecule has 19 heteroatoms. The van der Waals surface area contributed by atoms with E-state index in [2.05, 4.69) is 23.9 Å². The van der Waals surface area contributed by atoms with Crippen LogP contribution in [0, 0.1) is 10.1 Å². The number of carbonyl (C=O) groups is 3. The number of aryl methyl sites for hydroxylation is 2. The van der Waals surface area contributed by atoms with Crippen molar-refractivity contribution in [2.24, 2.45) is 0 Å². The van der Waals surface area contributed by atoms with Gasteiger partial charge in [-0.3, -0.25) is 34.5 Å². The molecule has 0 aliphatic heterocycles. The number of nitro groups is 1. The lowest BCUT2D eigenvalue weighted by molar-refractivity contribution is -0.385. The normalized spacial score (nSPS) is 10.5. The number of esters is 1. The molecule has 0 aliphatic carbocycles. The van der Waals surface area contributed by atoms with Gasteiger partial charge in [-0.15, -0.1) is 11.6 Å². The summed E-state index contributed by atoms with van der Waals surface area (Å²) in [7, 11) is -1.38. The molecule has 0 fully saturated rings. The number of nitrogens with zero attached hydrogens (tertiary/aromatic N) is 2. The Labute approximate surface area is 303 Å². The van der Waals surface area contributed by atoms with Crippen molar-refractivity contribution in [3.05, 3.63) is 91.4 Å². The van der Waals surface area contributed by atoms with Crippen LogP contribution in [0.5, 0.6) is 11.5 Å². The van der Waals surface area contributed by atoms with Crippen LogP contribution in [0.2, 0.25) is 10.0 Å². The lowest BCUT2D eigenvalue weighted by Gasteiger charge is -2.26. The van der Waals surface area contributed by atoms with Gasteiger partial charge in [-0.2, -0.15) is 0 Å². The zero-order valence-electron chi connectivity index (χ0n) is 27.4. The van der Waals surface area contributed by atoms with E-state index in [4.69, 9.17) is 59.2 Å². The standard InChI is InChI=1S/C14H9Cl2NO5.C14H20ClNO2.C3H8NO5P/c1-21-14(18)10-7-9(3-4-12(10)17(19)20)22-13-5-2-8(15)6-11(13)16;1-4-11-7-6-8-12(5-2)14(11)16(10-18-3)13(17)9-15;5-3(6)1-4-2-10(7,8)9/h2-7H,1H3;6-8H,4-5,9-10H2,1-3H3;4H,1-2H2,(H,5,6)(H2,7,8,9). The maximum absolute atomic E-state index is 12.0. The number of ether oxygens (including phenoxy) is 3. The maximum Gasteiger partial charge on any atom is 0.345 e. The first kappa shape index (κ1) is 44.2. The summed E-state index contributed by atoms with van der Waals surface area (Å²) in [5.41, 5.74) is 2.65. The highest BCUT2D eigenvalue weighted by Gasteiger charge is 2.22. The van der Waals surface area contributed by atoms with Gasteiger partial charge in [0.1, 0.15) is 29.7 Å². The van der Waals surface area contributed by atoms with Crippen molar-refractivity contribution >= 4 is 71.6 Å². The van der Waals surface area contributed by atoms with E-state index in [-0.39, 0.29) is 40.5 Å². The quantitative estimate of drug-likeness (QED) is 0.0355. The fraction of sp³-hybridized carbons (Fsp3) is 0.323. The number of halogens is 3. The first-order valence-corrected chi connectivity index (χ1v) is 17.5. The van der Waals surface area contributed by atoms with E-state index < -0.39 is 37.3 Å². The summed E-state index contributed by atoms with van der Waals surface area (Å²) >= 11 is 17.4. The van der Waals surface area contributed by atoms with Crippen molar-refractivity contribution in [1.82, 2.24) is 5.32 Å². The van der Waals surface area contributed by atoms with Crippen LogP contribution in [-0.4, -0.2) is 77.3 Å². The maximum atomic E-state index is 12.0. The van der Waals surface area contributed by atoms with Gasteiger partial charge in [-0.1, -0.05) is 55.2 Å². The Morgan fingerprint density at radius 1 is 1.00 bits per heavy atom. The molecule has 0 saturated carbocycles. The van der Waals surface area contributed by atoms with Crippen molar-refractivity contribution in [2.75, 3.05) is 44.6 Å². The first-order chi connectivity index (χ1) is 23.5. The molecule has 0 radical (unpaired) electrons. The second-order valence-electron chi connectivity index (χ2n) is 9.75. The Morgan fingerprint density at radius 2 is 1.62 bits per heavy atom. The Bertz CT molecular complexity index is 1650. The second-order valence-corrected chi connectivity index (χ2v) is 12.5. The highest BCUT2D eigenvalue weighted by molar-refractivity contribution is 7.51. The Morgan fingerprint density at radius 3 is 2.08 bits per heavy atom. The largest absolute Gasteiger partial charge is 0.480 e. The molecular weight excluding hydrogens is 744 g/mol. The van der Waals surface area contributed by atoms with Crippen molar-refractivity contribution in [1.29, 1.82) is 0 Å². The lowest BCUT2D eigenvalue weighted by atomic mass is 10.0. The number of para-hydroxylation sites is 1. The summed E-state index contributed by atoms with van der Waals surface area (Å²) in [6.07, 6.45) is 1.15. The highest BCUT2D eigenvalue weighted by Crippen LogP contribution is 2.34. The molecular formula is C31H37Cl3N3O12P. The lowest BCUT2D eigenvalue weighted by Crippen LogP contribution is -2.35. The third-order valence-electron chi connectivity index (χ3n) is 6.19. The van der Waals surface area contributed by atoms with Crippen molar-refractivity contribution < 1.29 is 53.0 Å². The number of nitrogens with one attached hydrogen (secondary N) is 1. The van der Waals surface area contributed by atoms with Crippen LogP contribution in [0.3, 0.4) is 0 Å². The van der Waals surface area contributed by atoms with Gasteiger partial charge in [0.25, 0.3) is 5.69 Å². The van der Waals surface area contributed by atoms with Crippen molar-refractivity contribution in [3.8, 4) is 11.5 Å². The monoisotopic (exact) mass is 779 g/mol. The fourth-order valence-corrected chi connectivity index (χ4v) is 5.02. The number of hydrogen-bond donors (Lipinski definition) is 4. The third kappa shape index (κ3) is 15.0. The molecule has 0 atom stereocenters. The number of carboxylic acid groups (broad SMARTS) is 1. The van der Waals surface area contributed by atoms with Crippen LogP contribution in [-0.2, 0) is 36.5 Å². The van der Waals surface area contributed by atoms with Crippen LogP contribution >= 0.6 is 42.4 Å². The number of aliphatic carboxylic acids is 1. The zero-order valence-corrected chi connectivity index (χ0v) is 30.6. The van der Waals surface area contributed by atoms with Gasteiger partial charge in [0.05, 0.1) is 35.6 Å². The van der Waals surface area contributed by atoms with E-state index in [1.807, 2.05) is 18.2 Å². The highest BCUT2D eigenvalue weighted by atomic mass is 35.5. The number of nitro benzene ring substituents is 1. The minimum absolute atomic E-state index is 0.0371. The molecule has 0 heterocycles. The molecule has 15 nitrogen and oxygen atoms in total. The predicted octanol–water partition coefficient (Wildman–Crippen LogP) is 6.26. The van der Waals surface area contributed by atoms with Crippen LogP contribution in [0.25, 0.3) is 0 Å². The molecule has 3 rings (SSSR count). The van der Waals surface area contributed by atoms with E-state index >= 15 is 0 Å². The molecule has 0 unspecified atom stereocenters. The average Bonchev–Trinajstić information content (AvgIpc) is 3.07. The number of carboxylic acids is 1. The molecule has 0 spiro atoms. The van der Waals surface area contributed by atoms with E-state index in [0.29, 0.717) is 10.8 Å². The smallest absolute Gasteiger partial charge is 0.345 e. The summed E-state index contributed by atoms with van der Waals surface area (Å²) < 4.78 is 25.2. The minimum atomic E-state index is -4.10. The zero-order chi connectivity index (χ0) is 38.0. The number of benzene rings is 3. The number of alkyl halides is 1. The topological polar surface area (TPSA) is 215 Å². The van der Waals surface area contributed by atoms with Crippen LogP contribution in [0.4, 0.5) is 11.4 Å². The molecule has 50 heavy (non-hydrogen) atoms. The van der Waals surface area contributed by atoms with Gasteiger partial charge in [0, 0.05) is 24.3 Å². The second kappa shape index (κ2) is 22.1. The molecule has 4 N–H and O–H groups in total. The third-order valence-corrected chi connectivity index (χ3v) is 7.59. The molecule has 274 valence electrons. The van der Waals surface area contributed by atoms with E-state index in [1.54, 1.807) is 24.1 Å². The number of anilines is 1. The number of carbonyl (C=O) groups excluding carboxylic acids is 2. The Hall–Kier alpha value is -3.79. The number of methoxy groups -OCH3 is 2. The van der Waals surface area contributed by atoms with Gasteiger partial charge >= 0.3 is 19.5 Å². The summed E-state index contributed by atoms with van der Waals surface area (Å²) in [6, 6.07) is 14.5. The molecule has 0 bridgehead atoms. The van der Waals surface area contributed by atoms with Crippen molar-refractivity contribution in [2.45, 2.75) is 26.7 Å². The van der Waals surface area contributed by atoms with Crippen LogP contribution in [0.1, 0.15) is 35.3 Å². The number of hydrogen-bond acceptors (Lipinski definition) is 10. The Kier molecular flexibility index (Phi) is 19.6. The van der Waals surface area contributed by atoms with Crippen LogP contribution < -0.4 is 15.0 Å². The van der Waals surface area contributed by atoms with E-state index in [9.17, 15) is 29.1 Å². The number of amides is 1. The minimum Gasteiger partial charge on any atom is -0.480 e. The molecule has 0 aliphatic rings. The van der Waals surface area contributed by atoms with Gasteiger partial charge in [-0.25, -0.2) is 4.79 Å². The molecule has 0 aromatic heterocycles. The average molecular weight is 781 g/mol. The fourth-order valence-electron chi connectivity index (χ4n) is 4.03. The van der Waals surface area contributed by atoms with E-state index in [0.717, 1.165) is 42.8 Å². The summed E-state index contributed by atoms with van der Waals surface area (Å²) in [6.45, 7) is 3.95. The van der Waals surface area contributed by atoms with Crippen molar-refractivity contribution in [3.63, 3.8) is 0 Å². The summed E-state index contributed by atoms with van der Waals surface area (Å²) in [4.78, 5) is 61.6. The molecule has 3 aromatic rings. The van der Waals surface area contributed by atoms with E-state index in [1.165, 1.54) is 18.2 Å². The number of rotatable bonds is 14. The molecule has 1 amide bonds. The van der Waals surface area contributed by atoms with Gasteiger partial charge in [0.15, 0.2) is 0 Å². The Balaban J connectivity index is 0.000000402. The first-order valence-electron chi connectivity index (χ1n) is 14.5. The summed E-state index contributed by atoms with van der Waals surface area (Å²) in [5.74, 6) is -1.64. The SMILES string of the molecule is CCc1cccc(CC)c1N(COC)C(=O)CCl.COC(=O)c1cc(Oc2ccc(Cl)cc2Cl)ccc1[N+](=O)[O-].O=C(O)CNCP(=O)(O)O. The van der Waals surface area contributed by atoms with Gasteiger partial charge in [-0.05, 0) is 48.2 Å². The summed E-state index contributed by atoms with van der Waals surface area (Å²) in [5, 5.41) is 21.7. The van der Waals surface area contributed by atoms with Crippen LogP contribution in [0.15, 0.2) is 54.6 Å². The van der Waals surface area contributed by atoms with Gasteiger partial charge < -0.3 is 29.1 Å². The molecule has 0 saturated heterocycles. The van der Waals surface area contributed by atoms with Gasteiger partial charge in [0.2, 0.25) is 5.91 Å².